The number of rotatable bonds is 1. The number of para-hydroxylation sites is 1. The number of aliphatic hydroxyl groups is 1. The topological polar surface area (TPSA) is 34.3 Å². The van der Waals surface area contributed by atoms with Crippen molar-refractivity contribution >= 4 is 10.9 Å². The van der Waals surface area contributed by atoms with Crippen LogP contribution in [0.5, 0.6) is 0 Å². The summed E-state index contributed by atoms with van der Waals surface area (Å²) in [5.41, 5.74) is 1.70. The standard InChI is InChI=1S/C9H8NO.Y/c11-6-8-5-7-3-1-2-4-9(7)10-8;/h1-5,11H,6H2;/q-1;. The first-order chi connectivity index (χ1) is 5.40. The molecule has 1 radical (unpaired) electrons. The fourth-order valence-corrected chi connectivity index (χ4v) is 1.16. The molecule has 0 saturated heterocycles. The van der Waals surface area contributed by atoms with Crippen molar-refractivity contribution in [2.75, 3.05) is 0 Å². The summed E-state index contributed by atoms with van der Waals surface area (Å²) in [4.78, 5) is 4.18. The molecule has 3 heteroatoms. The van der Waals surface area contributed by atoms with Gasteiger partial charge in [-0.2, -0.15) is 0 Å². The van der Waals surface area contributed by atoms with Crippen molar-refractivity contribution in [2.24, 2.45) is 0 Å². The van der Waals surface area contributed by atoms with Gasteiger partial charge in [0.1, 0.15) is 0 Å². The van der Waals surface area contributed by atoms with Gasteiger partial charge in [-0.05, 0) is 5.39 Å². The second-order valence-electron chi connectivity index (χ2n) is 2.46. The van der Waals surface area contributed by atoms with E-state index in [0.29, 0.717) is 0 Å². The van der Waals surface area contributed by atoms with Crippen LogP contribution in [0.2, 0.25) is 0 Å². The second kappa shape index (κ2) is 4.17. The molecule has 0 aliphatic carbocycles. The molecule has 2 nitrogen and oxygen atoms in total. The Hall–Kier alpha value is -0.176. The van der Waals surface area contributed by atoms with Crippen LogP contribution in [0.15, 0.2) is 30.3 Å². The summed E-state index contributed by atoms with van der Waals surface area (Å²) in [6, 6.07) is 9.73. The molecule has 0 amide bonds. The Morgan fingerprint density at radius 2 is 2.00 bits per heavy atom. The van der Waals surface area contributed by atoms with E-state index in [9.17, 15) is 0 Å². The molecule has 0 bridgehead atoms. The second-order valence-corrected chi connectivity index (χ2v) is 2.46. The molecule has 59 valence electrons. The molecule has 2 aromatic rings. The summed E-state index contributed by atoms with van der Waals surface area (Å²) >= 11 is 0. The summed E-state index contributed by atoms with van der Waals surface area (Å²) in [6.07, 6.45) is 0. The zero-order chi connectivity index (χ0) is 7.68. The zero-order valence-electron chi connectivity index (χ0n) is 6.57. The predicted molar refractivity (Wildman–Crippen MR) is 43.2 cm³/mol. The van der Waals surface area contributed by atoms with Crippen molar-refractivity contribution in [3.05, 3.63) is 36.0 Å². The average molecular weight is 235 g/mol. The maximum absolute atomic E-state index is 8.78. The molecule has 0 saturated carbocycles. The van der Waals surface area contributed by atoms with Crippen molar-refractivity contribution < 1.29 is 37.8 Å². The normalized spacial score (nSPS) is 9.75. The summed E-state index contributed by atoms with van der Waals surface area (Å²) in [6.45, 7) is 0.0225. The molecular formula is C9H8NOY-. The number of aliphatic hydroxyl groups excluding tert-OH is 1. The van der Waals surface area contributed by atoms with E-state index < -0.39 is 0 Å². The molecule has 12 heavy (non-hydrogen) atoms. The molecule has 0 unspecified atom stereocenters. The van der Waals surface area contributed by atoms with Gasteiger partial charge in [-0.3, -0.25) is 0 Å². The van der Waals surface area contributed by atoms with Crippen LogP contribution in [-0.2, 0) is 39.3 Å². The average Bonchev–Trinajstić information content (AvgIpc) is 2.46. The Labute approximate surface area is 95.9 Å². The summed E-state index contributed by atoms with van der Waals surface area (Å²) in [5, 5.41) is 9.87. The summed E-state index contributed by atoms with van der Waals surface area (Å²) < 4.78 is 0. The molecule has 1 heterocycles. The third-order valence-electron chi connectivity index (χ3n) is 1.68. The van der Waals surface area contributed by atoms with E-state index in [-0.39, 0.29) is 39.3 Å². The van der Waals surface area contributed by atoms with E-state index in [4.69, 9.17) is 5.11 Å². The van der Waals surface area contributed by atoms with E-state index >= 15 is 0 Å². The maximum Gasteiger partial charge on any atom is 0.0480 e. The van der Waals surface area contributed by atoms with Crippen LogP contribution in [0.4, 0.5) is 0 Å². The van der Waals surface area contributed by atoms with Crippen molar-refractivity contribution in [3.8, 4) is 0 Å². The number of fused-ring (bicyclic) bond motifs is 1. The number of nitrogens with zero attached hydrogens (tertiary/aromatic N) is 1. The quantitative estimate of drug-likeness (QED) is 0.808. The van der Waals surface area contributed by atoms with Crippen molar-refractivity contribution in [1.29, 1.82) is 0 Å². The minimum absolute atomic E-state index is 0. The Balaban J connectivity index is 0.000000720. The largest absolute Gasteiger partial charge is 0.659 e. The van der Waals surface area contributed by atoms with E-state index in [1.165, 1.54) is 0 Å². The van der Waals surface area contributed by atoms with Crippen LogP contribution >= 0.6 is 0 Å². The first-order valence-corrected chi connectivity index (χ1v) is 3.52. The Kier molecular flexibility index (Phi) is 3.44. The zero-order valence-corrected chi connectivity index (χ0v) is 9.40. The predicted octanol–water partition coefficient (Wildman–Crippen LogP) is 1.29. The van der Waals surface area contributed by atoms with Crippen LogP contribution in [0.3, 0.4) is 0 Å². The van der Waals surface area contributed by atoms with E-state index in [0.717, 1.165) is 16.6 Å². The molecule has 0 aliphatic heterocycles. The van der Waals surface area contributed by atoms with Crippen molar-refractivity contribution in [3.63, 3.8) is 0 Å². The molecule has 1 N–H and O–H groups in total. The fraction of sp³-hybridized carbons (Fsp3) is 0.111. The molecule has 0 aliphatic rings. The molecule has 0 fully saturated rings. The smallest absolute Gasteiger partial charge is 0.0480 e. The Morgan fingerprint density at radius 3 is 2.67 bits per heavy atom. The van der Waals surface area contributed by atoms with Gasteiger partial charge in [-0.1, -0.05) is 30.3 Å². The number of hydrogen-bond acceptors (Lipinski definition) is 1. The molecule has 0 atom stereocenters. The minimum Gasteiger partial charge on any atom is -0.659 e. The molecular weight excluding hydrogens is 227 g/mol. The number of aromatic nitrogens is 1. The number of benzene rings is 1. The maximum atomic E-state index is 8.78. The van der Waals surface area contributed by atoms with Gasteiger partial charge in [-0.25, -0.2) is 0 Å². The summed E-state index contributed by atoms with van der Waals surface area (Å²) in [5.74, 6) is 0. The Morgan fingerprint density at radius 1 is 1.25 bits per heavy atom. The van der Waals surface area contributed by atoms with Crippen LogP contribution in [-0.4, -0.2) is 5.11 Å². The van der Waals surface area contributed by atoms with Gasteiger partial charge in [0.25, 0.3) is 0 Å². The van der Waals surface area contributed by atoms with Crippen LogP contribution < -0.4 is 4.98 Å². The minimum atomic E-state index is 0. The molecule has 2 rings (SSSR count). The van der Waals surface area contributed by atoms with E-state index in [1.807, 2.05) is 30.3 Å². The SMILES string of the molecule is OCc1cc2ccccc2[n-]1.[Y]. The number of hydrogen-bond donors (Lipinski definition) is 1. The third kappa shape index (κ3) is 1.76. The van der Waals surface area contributed by atoms with Crippen molar-refractivity contribution in [2.45, 2.75) is 6.61 Å². The van der Waals surface area contributed by atoms with Crippen molar-refractivity contribution in [1.82, 2.24) is 4.98 Å². The fourth-order valence-electron chi connectivity index (χ4n) is 1.16. The molecule has 0 spiro atoms. The van der Waals surface area contributed by atoms with Gasteiger partial charge in [0.2, 0.25) is 0 Å². The van der Waals surface area contributed by atoms with Gasteiger partial charge in [-0.15, -0.1) is 11.2 Å². The van der Waals surface area contributed by atoms with Gasteiger partial charge < -0.3 is 10.1 Å². The van der Waals surface area contributed by atoms with E-state index in [1.54, 1.807) is 0 Å². The van der Waals surface area contributed by atoms with Crippen LogP contribution in [0, 0.1) is 0 Å². The molecule has 1 aromatic heterocycles. The van der Waals surface area contributed by atoms with E-state index in [2.05, 4.69) is 4.98 Å². The first kappa shape index (κ1) is 9.91. The van der Waals surface area contributed by atoms with Gasteiger partial charge >= 0.3 is 0 Å². The van der Waals surface area contributed by atoms with Gasteiger partial charge in [0.05, 0.1) is 0 Å². The third-order valence-corrected chi connectivity index (χ3v) is 1.68. The van der Waals surface area contributed by atoms with Crippen LogP contribution in [0.1, 0.15) is 5.69 Å². The first-order valence-electron chi connectivity index (χ1n) is 3.52. The van der Waals surface area contributed by atoms with Gasteiger partial charge in [0.15, 0.2) is 0 Å². The Bertz CT molecular complexity index is 336. The van der Waals surface area contributed by atoms with Gasteiger partial charge in [0, 0.05) is 39.3 Å². The monoisotopic (exact) mass is 235 g/mol. The summed E-state index contributed by atoms with van der Waals surface area (Å²) in [7, 11) is 0. The molecule has 1 aromatic carbocycles. The van der Waals surface area contributed by atoms with Crippen LogP contribution in [0.25, 0.3) is 10.9 Å².